The number of nitrogens with two attached hydrogens (primary N) is 1. The van der Waals surface area contributed by atoms with Crippen molar-refractivity contribution in [2.24, 2.45) is 0 Å². The lowest BCUT2D eigenvalue weighted by atomic mass is 9.93. The van der Waals surface area contributed by atoms with E-state index in [1.807, 2.05) is 12.3 Å². The molecule has 3 aromatic rings. The number of anilines is 2. The molecule has 0 saturated carbocycles. The maximum absolute atomic E-state index is 5.70. The van der Waals surface area contributed by atoms with Crippen LogP contribution in [-0.4, -0.2) is 44.5 Å². The monoisotopic (exact) mass is 347 g/mol. The minimum absolute atomic E-state index is 0.483. The zero-order chi connectivity index (χ0) is 15.8. The fourth-order valence-corrected chi connectivity index (χ4v) is 4.53. The highest BCUT2D eigenvalue weighted by Crippen LogP contribution is 2.35. The number of hydrogen-bond acceptors (Lipinski definition) is 8. The predicted octanol–water partition coefficient (Wildman–Crippen LogP) is 2.50. The van der Waals surface area contributed by atoms with E-state index in [-0.39, 0.29) is 0 Å². The van der Waals surface area contributed by atoms with Crippen LogP contribution >= 0.6 is 23.1 Å². The van der Waals surface area contributed by atoms with E-state index in [0.29, 0.717) is 11.7 Å². The number of hydrogen-bond donors (Lipinski definition) is 2. The molecule has 0 radical (unpaired) electrons. The zero-order valence-electron chi connectivity index (χ0n) is 12.7. The molecule has 4 rings (SSSR count). The van der Waals surface area contributed by atoms with Crippen LogP contribution in [0.25, 0.3) is 10.3 Å². The smallest absolute Gasteiger partial charge is 0.176 e. The Bertz CT molecular complexity index is 820. The van der Waals surface area contributed by atoms with Crippen molar-refractivity contribution in [1.82, 2.24) is 25.1 Å². The van der Waals surface area contributed by atoms with E-state index in [1.165, 1.54) is 0 Å². The van der Waals surface area contributed by atoms with Crippen molar-refractivity contribution >= 4 is 45.1 Å². The summed E-state index contributed by atoms with van der Waals surface area (Å²) in [6.07, 6.45) is 5.76. The fourth-order valence-electron chi connectivity index (χ4n) is 3.00. The molecule has 0 bridgehead atoms. The quantitative estimate of drug-likeness (QED) is 0.703. The number of nitrogens with one attached hydrogen (secondary N) is 1. The molecule has 3 aromatic heterocycles. The minimum Gasteiger partial charge on any atom is -0.382 e. The summed E-state index contributed by atoms with van der Waals surface area (Å²) in [7, 11) is 0. The van der Waals surface area contributed by atoms with Crippen molar-refractivity contribution in [2.75, 3.05) is 30.0 Å². The Hall–Kier alpha value is -1.87. The molecule has 3 N–H and O–H groups in total. The van der Waals surface area contributed by atoms with Crippen LogP contribution in [0.4, 0.5) is 11.6 Å². The number of nitrogens with zero attached hydrogens (tertiary/aromatic N) is 5. The first-order valence-corrected chi connectivity index (χ1v) is 9.50. The molecule has 0 amide bonds. The molecule has 0 spiro atoms. The van der Waals surface area contributed by atoms with Gasteiger partial charge in [0.1, 0.15) is 16.8 Å². The number of rotatable bonds is 3. The summed E-state index contributed by atoms with van der Waals surface area (Å²) in [5.41, 5.74) is 7.64. The van der Waals surface area contributed by atoms with E-state index >= 15 is 0 Å². The van der Waals surface area contributed by atoms with Gasteiger partial charge in [0.2, 0.25) is 0 Å². The van der Waals surface area contributed by atoms with E-state index in [4.69, 9.17) is 5.73 Å². The first kappa shape index (κ1) is 14.7. The van der Waals surface area contributed by atoms with Crippen molar-refractivity contribution < 1.29 is 0 Å². The molecule has 23 heavy (non-hydrogen) atoms. The first-order valence-electron chi connectivity index (χ1n) is 7.46. The van der Waals surface area contributed by atoms with E-state index in [0.717, 1.165) is 52.1 Å². The van der Waals surface area contributed by atoms with Gasteiger partial charge in [-0.3, -0.25) is 5.10 Å². The van der Waals surface area contributed by atoms with E-state index in [2.05, 4.69) is 30.0 Å². The van der Waals surface area contributed by atoms with Crippen LogP contribution in [0.5, 0.6) is 0 Å². The van der Waals surface area contributed by atoms with Crippen LogP contribution in [-0.2, 0) is 0 Å². The standard InChI is InChI=1S/C14H17N7S2/c1-22-14-18-12-11(23-14)13(17-7-16-12)21-4-2-8(3-5-21)9-6-10(15)20-19-9/h6-8H,2-5H2,1H3,(H3,15,19,20). The molecular weight excluding hydrogens is 330 g/mol. The summed E-state index contributed by atoms with van der Waals surface area (Å²) in [5.74, 6) is 2.06. The Labute approximate surface area is 141 Å². The Morgan fingerprint density at radius 1 is 1.35 bits per heavy atom. The lowest BCUT2D eigenvalue weighted by Gasteiger charge is -2.32. The van der Waals surface area contributed by atoms with Crippen molar-refractivity contribution in [2.45, 2.75) is 23.1 Å². The van der Waals surface area contributed by atoms with Gasteiger partial charge in [-0.2, -0.15) is 5.10 Å². The normalized spacial score (nSPS) is 16.3. The third-order valence-electron chi connectivity index (χ3n) is 4.18. The van der Waals surface area contributed by atoms with Gasteiger partial charge < -0.3 is 10.6 Å². The van der Waals surface area contributed by atoms with Crippen LogP contribution in [0.2, 0.25) is 0 Å². The van der Waals surface area contributed by atoms with Gasteiger partial charge >= 0.3 is 0 Å². The maximum Gasteiger partial charge on any atom is 0.176 e. The Morgan fingerprint density at radius 2 is 2.17 bits per heavy atom. The van der Waals surface area contributed by atoms with E-state index in [1.54, 1.807) is 29.4 Å². The average Bonchev–Trinajstić information content (AvgIpc) is 3.20. The molecule has 7 nitrogen and oxygen atoms in total. The van der Waals surface area contributed by atoms with Gasteiger partial charge in [-0.25, -0.2) is 15.0 Å². The van der Waals surface area contributed by atoms with Crippen LogP contribution in [0.1, 0.15) is 24.5 Å². The second kappa shape index (κ2) is 5.97. The third kappa shape index (κ3) is 2.74. The first-order chi connectivity index (χ1) is 11.2. The SMILES string of the molecule is CSc1nc2ncnc(N3CCC(c4cc(N)n[nH]4)CC3)c2s1. The van der Waals surface area contributed by atoms with Crippen LogP contribution in [0.15, 0.2) is 16.7 Å². The number of thiazole rings is 1. The highest BCUT2D eigenvalue weighted by molar-refractivity contribution is 8.00. The Balaban J connectivity index is 1.55. The number of fused-ring (bicyclic) bond motifs is 1. The second-order valence-corrected chi connectivity index (χ2v) is 7.60. The topological polar surface area (TPSA) is 96.6 Å². The van der Waals surface area contributed by atoms with Crippen molar-refractivity contribution in [1.29, 1.82) is 0 Å². The molecular formula is C14H17N7S2. The number of nitrogen functional groups attached to an aromatic ring is 1. The van der Waals surface area contributed by atoms with Gasteiger partial charge in [0.15, 0.2) is 15.8 Å². The number of aromatic nitrogens is 5. The lowest BCUT2D eigenvalue weighted by Crippen LogP contribution is -2.33. The third-order valence-corrected chi connectivity index (χ3v) is 6.20. The molecule has 1 fully saturated rings. The predicted molar refractivity (Wildman–Crippen MR) is 94.2 cm³/mol. The Kier molecular flexibility index (Phi) is 3.82. The largest absolute Gasteiger partial charge is 0.382 e. The highest BCUT2D eigenvalue weighted by atomic mass is 32.2. The molecule has 1 aliphatic heterocycles. The summed E-state index contributed by atoms with van der Waals surface area (Å²) in [6.45, 7) is 1.92. The molecule has 4 heterocycles. The molecule has 120 valence electrons. The zero-order valence-corrected chi connectivity index (χ0v) is 14.3. The summed E-state index contributed by atoms with van der Waals surface area (Å²) in [6, 6.07) is 1.94. The molecule has 1 saturated heterocycles. The van der Waals surface area contributed by atoms with Crippen LogP contribution < -0.4 is 10.6 Å². The maximum atomic E-state index is 5.70. The van der Waals surface area contributed by atoms with Gasteiger partial charge in [-0.15, -0.1) is 11.3 Å². The number of aromatic amines is 1. The second-order valence-electron chi connectivity index (χ2n) is 5.54. The van der Waals surface area contributed by atoms with Crippen LogP contribution in [0, 0.1) is 0 Å². The van der Waals surface area contributed by atoms with Gasteiger partial charge in [0, 0.05) is 30.8 Å². The van der Waals surface area contributed by atoms with Crippen molar-refractivity contribution in [3.8, 4) is 0 Å². The minimum atomic E-state index is 0.483. The molecule has 1 aliphatic rings. The highest BCUT2D eigenvalue weighted by Gasteiger charge is 2.24. The summed E-state index contributed by atoms with van der Waals surface area (Å²) < 4.78 is 2.12. The molecule has 0 aliphatic carbocycles. The lowest BCUT2D eigenvalue weighted by molar-refractivity contribution is 0.494. The van der Waals surface area contributed by atoms with Crippen molar-refractivity contribution in [3.63, 3.8) is 0 Å². The number of H-pyrrole nitrogens is 1. The summed E-state index contributed by atoms with van der Waals surface area (Å²) in [4.78, 5) is 15.7. The molecule has 9 heteroatoms. The van der Waals surface area contributed by atoms with Gasteiger partial charge in [-0.1, -0.05) is 11.8 Å². The van der Waals surface area contributed by atoms with Gasteiger partial charge in [0.05, 0.1) is 0 Å². The summed E-state index contributed by atoms with van der Waals surface area (Å²) in [5, 5.41) is 7.07. The van der Waals surface area contributed by atoms with E-state index < -0.39 is 0 Å². The molecule has 0 unspecified atom stereocenters. The van der Waals surface area contributed by atoms with Crippen LogP contribution in [0.3, 0.4) is 0 Å². The fraction of sp³-hybridized carbons (Fsp3) is 0.429. The van der Waals surface area contributed by atoms with Crippen molar-refractivity contribution in [3.05, 3.63) is 18.1 Å². The van der Waals surface area contributed by atoms with Gasteiger partial charge in [-0.05, 0) is 19.1 Å². The van der Waals surface area contributed by atoms with Gasteiger partial charge in [0.25, 0.3) is 0 Å². The average molecular weight is 347 g/mol. The molecule has 0 atom stereocenters. The molecule has 0 aromatic carbocycles. The summed E-state index contributed by atoms with van der Waals surface area (Å²) >= 11 is 3.32. The Morgan fingerprint density at radius 3 is 2.87 bits per heavy atom. The number of thioether (sulfide) groups is 1. The number of piperidine rings is 1. The van der Waals surface area contributed by atoms with E-state index in [9.17, 15) is 0 Å².